The number of hydrogen-bond donors (Lipinski definition) is 1. The van der Waals surface area contributed by atoms with Gasteiger partial charge in [-0.3, -0.25) is 0 Å². The second-order valence-corrected chi connectivity index (χ2v) is 43.8. The van der Waals surface area contributed by atoms with E-state index in [9.17, 15) is 5.11 Å². The summed E-state index contributed by atoms with van der Waals surface area (Å²) in [6.07, 6.45) is 18.3. The summed E-state index contributed by atoms with van der Waals surface area (Å²) in [6.45, 7) is 16.6. The van der Waals surface area contributed by atoms with Crippen molar-refractivity contribution in [3.63, 3.8) is 0 Å². The standard InChI is InChI=1S/C4H8O.6C4H9.2Sn/c1-3-4(2)5;6*1-3-4-2;;/h1,4-5H,3H2,2H3;6*1,3-4H2,2H3;;. The van der Waals surface area contributed by atoms with E-state index in [4.69, 9.17) is 0 Å². The fraction of sp³-hybridized carbons (Fsp3) is 1.00. The molecule has 1 unspecified atom stereocenters. The van der Waals surface area contributed by atoms with Gasteiger partial charge in [0.2, 0.25) is 0 Å². The van der Waals surface area contributed by atoms with Gasteiger partial charge in [0.05, 0.1) is 0 Å². The van der Waals surface area contributed by atoms with Crippen molar-refractivity contribution in [2.45, 2.75) is 167 Å². The van der Waals surface area contributed by atoms with E-state index in [0.717, 1.165) is 1.95 Å². The molecule has 0 aliphatic heterocycles. The predicted octanol–water partition coefficient (Wildman–Crippen LogP) is 10.4. The first-order valence-electron chi connectivity index (χ1n) is 14.6. The number of hydrogen-bond acceptors (Lipinski definition) is 1. The van der Waals surface area contributed by atoms with Crippen LogP contribution in [-0.4, -0.2) is 48.0 Å². The third kappa shape index (κ3) is 12.2. The molecule has 0 aliphatic rings. The van der Waals surface area contributed by atoms with Gasteiger partial charge in [-0.05, 0) is 0 Å². The molecular formula is C28H62OSn2. The van der Waals surface area contributed by atoms with Crippen LogP contribution in [0.3, 0.4) is 0 Å². The first kappa shape index (κ1) is 32.6. The van der Waals surface area contributed by atoms with E-state index in [-0.39, 0.29) is 6.10 Å². The first-order valence-corrected chi connectivity index (χ1v) is 30.0. The molecule has 0 heterocycles. The molecule has 1 nitrogen and oxygen atoms in total. The SMILES string of the molecule is CCC[CH2][Sn]([CH2]CCC)([CH2]CCC)[CH](CC(C)O)[Sn]([CH2]CCC)([CH2]CCC)[CH2]CCC. The van der Waals surface area contributed by atoms with E-state index >= 15 is 0 Å². The monoisotopic (exact) mass is 654 g/mol. The Labute approximate surface area is 207 Å². The Hall–Kier alpha value is 1.56. The number of aliphatic hydroxyl groups is 1. The van der Waals surface area contributed by atoms with E-state index in [0.29, 0.717) is 0 Å². The van der Waals surface area contributed by atoms with Crippen LogP contribution in [0.15, 0.2) is 0 Å². The summed E-state index contributed by atoms with van der Waals surface area (Å²) >= 11 is -4.77. The van der Waals surface area contributed by atoms with Crippen molar-refractivity contribution in [3.05, 3.63) is 0 Å². The van der Waals surface area contributed by atoms with Gasteiger partial charge >= 0.3 is 208 Å². The van der Waals surface area contributed by atoms with Crippen LogP contribution in [0.1, 0.15) is 132 Å². The van der Waals surface area contributed by atoms with Crippen molar-refractivity contribution in [2.24, 2.45) is 0 Å². The Morgan fingerprint density at radius 3 is 0.871 bits per heavy atom. The van der Waals surface area contributed by atoms with Crippen molar-refractivity contribution in [3.8, 4) is 0 Å². The van der Waals surface area contributed by atoms with Crippen LogP contribution < -0.4 is 0 Å². The van der Waals surface area contributed by atoms with Gasteiger partial charge in [0.1, 0.15) is 0 Å². The molecule has 0 saturated carbocycles. The Kier molecular flexibility index (Phi) is 20.8. The van der Waals surface area contributed by atoms with Crippen molar-refractivity contribution >= 4 is 36.8 Å². The molecule has 1 N–H and O–H groups in total. The molecule has 0 aliphatic carbocycles. The molecule has 0 spiro atoms. The quantitative estimate of drug-likeness (QED) is 0.116. The maximum atomic E-state index is 10.9. The number of unbranched alkanes of at least 4 members (excludes halogenated alkanes) is 6. The summed E-state index contributed by atoms with van der Waals surface area (Å²) in [7, 11) is 0. The van der Waals surface area contributed by atoms with E-state index in [2.05, 4.69) is 48.5 Å². The molecule has 0 fully saturated rings. The Morgan fingerprint density at radius 2 is 0.710 bits per heavy atom. The predicted molar refractivity (Wildman–Crippen MR) is 150 cm³/mol. The van der Waals surface area contributed by atoms with Crippen LogP contribution >= 0.6 is 0 Å². The van der Waals surface area contributed by atoms with Gasteiger partial charge in [-0.2, -0.15) is 0 Å². The zero-order chi connectivity index (χ0) is 23.6. The Morgan fingerprint density at radius 1 is 0.484 bits per heavy atom. The van der Waals surface area contributed by atoms with E-state index in [1.54, 1.807) is 26.6 Å². The third-order valence-electron chi connectivity index (χ3n) is 8.22. The summed E-state index contributed by atoms with van der Waals surface area (Å²) in [6, 6.07) is 0. The minimum atomic E-state index is -2.39. The zero-order valence-corrected chi connectivity index (χ0v) is 28.7. The summed E-state index contributed by atoms with van der Waals surface area (Å²) in [5.41, 5.74) is 0. The molecule has 0 aromatic carbocycles. The molecular weight excluding hydrogens is 590 g/mol. The van der Waals surface area contributed by atoms with Crippen molar-refractivity contribution < 1.29 is 5.11 Å². The Bertz CT molecular complexity index is 321. The minimum absolute atomic E-state index is 0.0769. The van der Waals surface area contributed by atoms with Crippen LogP contribution in [-0.2, 0) is 0 Å². The van der Waals surface area contributed by atoms with Gasteiger partial charge in [0.25, 0.3) is 0 Å². The van der Waals surface area contributed by atoms with Crippen LogP contribution in [0.2, 0.25) is 28.6 Å². The van der Waals surface area contributed by atoms with Crippen molar-refractivity contribution in [1.82, 2.24) is 0 Å². The van der Waals surface area contributed by atoms with E-state index < -0.39 is 36.8 Å². The molecule has 0 saturated heterocycles. The van der Waals surface area contributed by atoms with Gasteiger partial charge in [0, 0.05) is 0 Å². The summed E-state index contributed by atoms with van der Waals surface area (Å²) in [5, 5.41) is 10.9. The van der Waals surface area contributed by atoms with Crippen LogP contribution in [0.25, 0.3) is 0 Å². The van der Waals surface area contributed by atoms with Crippen molar-refractivity contribution in [2.75, 3.05) is 0 Å². The average molecular weight is 652 g/mol. The molecule has 31 heavy (non-hydrogen) atoms. The average Bonchev–Trinajstić information content (AvgIpc) is 2.77. The third-order valence-corrected chi connectivity index (χ3v) is 64.6. The summed E-state index contributed by atoms with van der Waals surface area (Å²) in [4.78, 5) is 0. The van der Waals surface area contributed by atoms with Gasteiger partial charge in [-0.15, -0.1) is 0 Å². The van der Waals surface area contributed by atoms with Crippen LogP contribution in [0.5, 0.6) is 0 Å². The molecule has 188 valence electrons. The molecule has 0 aromatic rings. The Balaban J connectivity index is 6.54. The van der Waals surface area contributed by atoms with Gasteiger partial charge in [-0.1, -0.05) is 0 Å². The van der Waals surface area contributed by atoms with Crippen molar-refractivity contribution in [1.29, 1.82) is 0 Å². The molecule has 0 amide bonds. The molecule has 3 heteroatoms. The summed E-state index contributed by atoms with van der Waals surface area (Å²) < 4.78 is 11.0. The van der Waals surface area contributed by atoms with Crippen LogP contribution in [0, 0.1) is 0 Å². The topological polar surface area (TPSA) is 20.2 Å². The zero-order valence-electron chi connectivity index (χ0n) is 23.0. The molecule has 0 radical (unpaired) electrons. The van der Waals surface area contributed by atoms with Gasteiger partial charge in [0.15, 0.2) is 0 Å². The number of rotatable bonds is 22. The van der Waals surface area contributed by atoms with E-state index in [1.807, 2.05) is 0 Å². The molecule has 0 bridgehead atoms. The fourth-order valence-corrected chi connectivity index (χ4v) is 84.8. The van der Waals surface area contributed by atoms with Gasteiger partial charge in [-0.25, -0.2) is 0 Å². The normalized spacial score (nSPS) is 13.8. The molecule has 0 aromatic heterocycles. The fourth-order valence-electron chi connectivity index (χ4n) is 6.46. The second kappa shape index (κ2) is 19.8. The molecule has 1 atom stereocenters. The second-order valence-electron chi connectivity index (χ2n) is 11.0. The molecule has 0 rings (SSSR count). The van der Waals surface area contributed by atoms with Crippen LogP contribution in [0.4, 0.5) is 0 Å². The number of aliphatic hydroxyl groups excluding tert-OH is 1. The summed E-state index contributed by atoms with van der Waals surface area (Å²) in [5.74, 6) is 0. The maximum absolute atomic E-state index is 10.9. The van der Waals surface area contributed by atoms with Gasteiger partial charge < -0.3 is 0 Å². The van der Waals surface area contributed by atoms with E-state index in [1.165, 1.54) is 83.5 Å². The first-order chi connectivity index (χ1) is 14.9.